The van der Waals surface area contributed by atoms with E-state index < -0.39 is 0 Å². The summed E-state index contributed by atoms with van der Waals surface area (Å²) in [5, 5.41) is 7.82. The zero-order chi connectivity index (χ0) is 25.4. The number of carbonyl (C=O) groups excluding carboxylic acids is 2. The van der Waals surface area contributed by atoms with Crippen LogP contribution in [0.3, 0.4) is 0 Å². The largest absolute Gasteiger partial charge is 0.360 e. The third-order valence-electron chi connectivity index (χ3n) is 6.41. The van der Waals surface area contributed by atoms with Crippen LogP contribution in [0, 0.1) is 0 Å². The zero-order valence-corrected chi connectivity index (χ0v) is 21.3. The maximum atomic E-state index is 13.4. The third kappa shape index (κ3) is 4.81. The Bertz CT molecular complexity index is 1470. The molecule has 36 heavy (non-hydrogen) atoms. The number of halogens is 2. The fraction of sp³-hybridized carbons (Fsp3) is 0.320. The van der Waals surface area contributed by atoms with E-state index in [0.717, 1.165) is 29.7 Å². The zero-order valence-electron chi connectivity index (χ0n) is 19.8. The highest BCUT2D eigenvalue weighted by Crippen LogP contribution is 2.31. The van der Waals surface area contributed by atoms with Gasteiger partial charge in [0.1, 0.15) is 18.0 Å². The molecular formula is C25H25Cl2N7O2. The number of rotatable bonds is 6. The van der Waals surface area contributed by atoms with Gasteiger partial charge >= 0.3 is 0 Å². The molecule has 0 bridgehead atoms. The Morgan fingerprint density at radius 2 is 2.03 bits per heavy atom. The van der Waals surface area contributed by atoms with Gasteiger partial charge in [0.25, 0.3) is 5.91 Å². The number of hydrogen-bond acceptors (Lipinski definition) is 6. The molecule has 0 unspecified atom stereocenters. The molecule has 0 aliphatic carbocycles. The molecule has 1 saturated heterocycles. The molecule has 0 radical (unpaired) electrons. The summed E-state index contributed by atoms with van der Waals surface area (Å²) in [5.41, 5.74) is 2.65. The van der Waals surface area contributed by atoms with E-state index in [-0.39, 0.29) is 23.9 Å². The second-order valence-electron chi connectivity index (χ2n) is 8.95. The van der Waals surface area contributed by atoms with Crippen molar-refractivity contribution >= 4 is 62.8 Å². The lowest BCUT2D eigenvalue weighted by Gasteiger charge is -2.25. The summed E-state index contributed by atoms with van der Waals surface area (Å²) in [5.74, 6) is 1.03. The number of likely N-dealkylation sites (tertiary alicyclic amines) is 1. The molecule has 9 nitrogen and oxygen atoms in total. The fourth-order valence-corrected chi connectivity index (χ4v) is 4.98. The van der Waals surface area contributed by atoms with Crippen LogP contribution in [0.25, 0.3) is 21.9 Å². The Labute approximate surface area is 217 Å². The van der Waals surface area contributed by atoms with Crippen molar-refractivity contribution < 1.29 is 9.59 Å². The lowest BCUT2D eigenvalue weighted by Crippen LogP contribution is -2.42. The van der Waals surface area contributed by atoms with E-state index in [1.54, 1.807) is 17.0 Å². The maximum Gasteiger partial charge on any atom is 0.255 e. The molecule has 3 N–H and O–H groups in total. The lowest BCUT2D eigenvalue weighted by atomic mass is 10.1. The number of hydrogen-bond donors (Lipinski definition) is 3. The number of H-pyrrole nitrogens is 1. The molecule has 5 rings (SSSR count). The van der Waals surface area contributed by atoms with Gasteiger partial charge in [-0.25, -0.2) is 15.0 Å². The quantitative estimate of drug-likeness (QED) is 0.335. The number of aromatic nitrogens is 4. The van der Waals surface area contributed by atoms with E-state index in [0.29, 0.717) is 45.4 Å². The summed E-state index contributed by atoms with van der Waals surface area (Å²) >= 11 is 12.7. The maximum absolute atomic E-state index is 13.4. The number of imidazole rings is 1. The van der Waals surface area contributed by atoms with Crippen molar-refractivity contribution in [3.8, 4) is 0 Å². The Hall–Kier alpha value is -3.43. The second kappa shape index (κ2) is 9.91. The van der Waals surface area contributed by atoms with Crippen molar-refractivity contribution in [1.82, 2.24) is 30.2 Å². The first-order chi connectivity index (χ1) is 17.3. The van der Waals surface area contributed by atoms with Gasteiger partial charge in [-0.1, -0.05) is 23.2 Å². The van der Waals surface area contributed by atoms with Crippen LogP contribution in [0.15, 0.2) is 36.7 Å². The molecular weight excluding hydrogens is 501 g/mol. The topological polar surface area (TPSA) is 116 Å². The van der Waals surface area contributed by atoms with Gasteiger partial charge in [0.15, 0.2) is 0 Å². The molecule has 4 aromatic rings. The van der Waals surface area contributed by atoms with Crippen LogP contribution in [-0.2, 0) is 4.79 Å². The molecule has 2 aromatic heterocycles. The minimum atomic E-state index is -0.200. The van der Waals surface area contributed by atoms with E-state index in [1.807, 2.05) is 25.1 Å². The highest BCUT2D eigenvalue weighted by Gasteiger charge is 2.31. The van der Waals surface area contributed by atoms with E-state index in [2.05, 4.69) is 30.6 Å². The molecule has 3 heterocycles. The van der Waals surface area contributed by atoms with Crippen molar-refractivity contribution in [2.45, 2.75) is 38.8 Å². The number of carbonyl (C=O) groups is 2. The number of aromatic amines is 1. The number of nitrogens with zero attached hydrogens (tertiary/aromatic N) is 4. The number of fused-ring (bicyclic) bond motifs is 2. The van der Waals surface area contributed by atoms with E-state index in [9.17, 15) is 9.59 Å². The fourth-order valence-electron chi connectivity index (χ4n) is 4.56. The van der Waals surface area contributed by atoms with Crippen LogP contribution < -0.4 is 10.6 Å². The van der Waals surface area contributed by atoms with Crippen LogP contribution >= 0.6 is 23.2 Å². The Morgan fingerprint density at radius 1 is 1.19 bits per heavy atom. The van der Waals surface area contributed by atoms with Gasteiger partial charge in [-0.3, -0.25) is 9.59 Å². The highest BCUT2D eigenvalue weighted by atomic mass is 35.5. The van der Waals surface area contributed by atoms with Crippen LogP contribution in [0.5, 0.6) is 0 Å². The molecule has 2 atom stereocenters. The Kier molecular flexibility index (Phi) is 6.68. The number of anilines is 1. The van der Waals surface area contributed by atoms with Gasteiger partial charge in [0.05, 0.1) is 33.2 Å². The summed E-state index contributed by atoms with van der Waals surface area (Å²) in [6.07, 6.45) is 3.16. The summed E-state index contributed by atoms with van der Waals surface area (Å²) in [7, 11) is 0. The van der Waals surface area contributed by atoms with Gasteiger partial charge in [0, 0.05) is 36.5 Å². The smallest absolute Gasteiger partial charge is 0.255 e. The van der Waals surface area contributed by atoms with Crippen molar-refractivity contribution in [1.29, 1.82) is 0 Å². The van der Waals surface area contributed by atoms with E-state index in [1.165, 1.54) is 13.3 Å². The van der Waals surface area contributed by atoms with Crippen molar-refractivity contribution in [3.63, 3.8) is 0 Å². The van der Waals surface area contributed by atoms with Gasteiger partial charge in [-0.05, 0) is 50.1 Å². The monoisotopic (exact) mass is 525 g/mol. The van der Waals surface area contributed by atoms with Crippen LogP contribution in [-0.4, -0.2) is 55.8 Å². The minimum Gasteiger partial charge on any atom is -0.360 e. The molecule has 1 fully saturated rings. The molecule has 0 spiro atoms. The number of benzene rings is 2. The molecule has 11 heteroatoms. The molecule has 186 valence electrons. The van der Waals surface area contributed by atoms with Crippen molar-refractivity contribution in [2.75, 3.05) is 18.4 Å². The van der Waals surface area contributed by atoms with Gasteiger partial charge in [-0.2, -0.15) is 0 Å². The lowest BCUT2D eigenvalue weighted by molar-refractivity contribution is -0.119. The van der Waals surface area contributed by atoms with Gasteiger partial charge in [-0.15, -0.1) is 0 Å². The summed E-state index contributed by atoms with van der Waals surface area (Å²) < 4.78 is 0. The summed E-state index contributed by atoms with van der Waals surface area (Å²) in [6.45, 7) is 4.48. The van der Waals surface area contributed by atoms with Crippen LogP contribution in [0.4, 0.5) is 5.82 Å². The first-order valence-corrected chi connectivity index (χ1v) is 12.5. The normalized spacial score (nSPS) is 16.4. The SMILES string of the molecule is CC(=O)NC[C@H]1CCCN1C(=O)c1cc2ncnc(N[C@@H](C)c3nc4cc(Cl)ccc4[nH]3)c2cc1Cl. The van der Waals surface area contributed by atoms with Crippen LogP contribution in [0.2, 0.25) is 10.0 Å². The van der Waals surface area contributed by atoms with Gasteiger partial charge < -0.3 is 20.5 Å². The number of amides is 2. The predicted molar refractivity (Wildman–Crippen MR) is 140 cm³/mol. The average molecular weight is 526 g/mol. The predicted octanol–water partition coefficient (Wildman–Crippen LogP) is 4.73. The molecule has 1 aliphatic rings. The summed E-state index contributed by atoms with van der Waals surface area (Å²) in [6, 6.07) is 8.67. The molecule has 1 aliphatic heterocycles. The average Bonchev–Trinajstić information content (AvgIpc) is 3.49. The standard InChI is InChI=1S/C25H25Cl2N7O2/c1-13(23-32-20-6-5-15(26)8-22(20)33-23)31-24-18-9-19(27)17(10-21(18)29-12-30-24)25(36)34-7-3-4-16(34)11-28-14(2)35/h5-6,8-10,12-13,16H,3-4,7,11H2,1-2H3,(H,28,35)(H,32,33)(H,29,30,31)/t13-,16+/m0/s1. The van der Waals surface area contributed by atoms with E-state index >= 15 is 0 Å². The second-order valence-corrected chi connectivity index (χ2v) is 9.80. The summed E-state index contributed by atoms with van der Waals surface area (Å²) in [4.78, 5) is 43.2. The van der Waals surface area contributed by atoms with Crippen molar-refractivity contribution in [3.05, 3.63) is 58.1 Å². The van der Waals surface area contributed by atoms with Crippen molar-refractivity contribution in [2.24, 2.45) is 0 Å². The van der Waals surface area contributed by atoms with Crippen LogP contribution in [0.1, 0.15) is 48.9 Å². The molecule has 0 saturated carbocycles. The highest BCUT2D eigenvalue weighted by molar-refractivity contribution is 6.35. The Morgan fingerprint density at radius 3 is 2.83 bits per heavy atom. The van der Waals surface area contributed by atoms with Gasteiger partial charge in [0.2, 0.25) is 5.91 Å². The minimum absolute atomic E-state index is 0.0599. The first kappa shape index (κ1) is 24.3. The number of nitrogens with one attached hydrogen (secondary N) is 3. The molecule has 2 amide bonds. The molecule has 2 aromatic carbocycles. The first-order valence-electron chi connectivity index (χ1n) is 11.7. The van der Waals surface area contributed by atoms with E-state index in [4.69, 9.17) is 23.2 Å². The third-order valence-corrected chi connectivity index (χ3v) is 6.95. The Balaban J connectivity index is 1.40.